The number of benzene rings is 2. The topological polar surface area (TPSA) is 372 Å². The summed E-state index contributed by atoms with van der Waals surface area (Å²) < 4.78 is 78.7. The molecule has 0 saturated carbocycles. The monoisotopic (exact) mass is 925 g/mol. The number of nitrogens with one attached hydrogen (secondary N) is 4. The predicted octanol–water partition coefficient (Wildman–Crippen LogP) is 3.13. The minimum absolute atomic E-state index is 0.0216. The summed E-state index contributed by atoms with van der Waals surface area (Å²) in [6, 6.07) is 9.33. The molecule has 1 amide bonds. The summed E-state index contributed by atoms with van der Waals surface area (Å²) in [6.45, 7) is 2.08. The standard InChI is InChI=1S/C29H28BClFN14O12S3/c1-3-46-22(48)19(21(33)47)13(2)20(23(46)49)45-44-17-12-15(6-9-18(17)59-58-57-50)35-26-36-24(31)37-28(40-26)42-30-43-29-39-25(32)38-27(41-29)34-14-4-7-16(8-5-14)60(51,52)11-10-56-61(53,54)55/h4-9,12,48,50H,3,10-11H2,1-2H3,(H2,33,47)(H,53,54,55)(H2,34,38,39,41,43)(H2,35,36,37,40,42). The number of pyridine rings is 1. The minimum Gasteiger partial charge on any atom is -0.494 e. The summed E-state index contributed by atoms with van der Waals surface area (Å²) in [5.74, 6) is -3.21. The SMILES string of the molecule is CCn1c(O)c(C(N)=O)c(C)c(N=Nc2cc(Nc3nc(Cl)nc(N[B]Nc4nc(F)nc(Nc5ccc(S(=O)(=O)CCOS(=O)(=O)O)cc5)n4)n3)ccc2SOOO)c1=O. The van der Waals surface area contributed by atoms with Crippen molar-refractivity contribution < 1.29 is 54.5 Å². The van der Waals surface area contributed by atoms with Gasteiger partial charge in [0.15, 0.2) is 15.5 Å². The second kappa shape index (κ2) is 19.9. The normalized spacial score (nSPS) is 11.7. The van der Waals surface area contributed by atoms with Gasteiger partial charge in [0, 0.05) is 23.5 Å². The van der Waals surface area contributed by atoms with E-state index < -0.39 is 56.0 Å². The Labute approximate surface area is 352 Å². The number of amides is 1. The fourth-order valence-corrected chi connectivity index (χ4v) is 6.95. The number of sulfone groups is 1. The van der Waals surface area contributed by atoms with E-state index in [1.54, 1.807) is 6.92 Å². The molecule has 0 bridgehead atoms. The van der Waals surface area contributed by atoms with E-state index in [9.17, 15) is 35.9 Å². The van der Waals surface area contributed by atoms with Crippen LogP contribution < -0.4 is 32.4 Å². The number of rotatable bonds is 20. The van der Waals surface area contributed by atoms with Crippen LogP contribution in [0.5, 0.6) is 5.88 Å². The van der Waals surface area contributed by atoms with Crippen LogP contribution in [-0.2, 0) is 40.3 Å². The Bertz CT molecular complexity index is 2760. The number of halogens is 2. The van der Waals surface area contributed by atoms with Gasteiger partial charge in [0.05, 0.1) is 34.2 Å². The molecule has 0 fully saturated rings. The van der Waals surface area contributed by atoms with Crippen molar-refractivity contribution >= 4 is 104 Å². The number of carbonyl (C=O) groups is 1. The number of nitrogens with two attached hydrogens (primary N) is 1. The number of carbonyl (C=O) groups excluding carboxylic acids is 1. The number of hydrogen-bond donors (Lipinski definition) is 8. The van der Waals surface area contributed by atoms with Gasteiger partial charge in [-0.15, -0.1) is 14.6 Å². The third kappa shape index (κ3) is 12.4. The van der Waals surface area contributed by atoms with Crippen molar-refractivity contribution in [3.05, 3.63) is 75.3 Å². The number of nitrogens with zero attached hydrogens (tertiary/aromatic N) is 9. The summed E-state index contributed by atoms with van der Waals surface area (Å²) in [4.78, 5) is 48.5. The van der Waals surface area contributed by atoms with Gasteiger partial charge in [-0.2, -0.15) is 42.7 Å². The Hall–Kier alpha value is -6.19. The molecule has 0 atom stereocenters. The molecular weight excluding hydrogens is 898 g/mol. The first kappa shape index (κ1) is 45.9. The highest BCUT2D eigenvalue weighted by molar-refractivity contribution is 7.94. The van der Waals surface area contributed by atoms with Gasteiger partial charge >= 0.3 is 24.0 Å². The smallest absolute Gasteiger partial charge is 0.397 e. The summed E-state index contributed by atoms with van der Waals surface area (Å²) in [7, 11) is -7.69. The highest BCUT2D eigenvalue weighted by Crippen LogP contribution is 2.35. The first-order chi connectivity index (χ1) is 28.9. The van der Waals surface area contributed by atoms with E-state index in [0.29, 0.717) is 12.0 Å². The zero-order valence-corrected chi connectivity index (χ0v) is 34.0. The van der Waals surface area contributed by atoms with E-state index in [2.05, 4.69) is 74.8 Å². The van der Waals surface area contributed by atoms with Gasteiger partial charge in [-0.05, 0) is 67.9 Å². The van der Waals surface area contributed by atoms with Crippen molar-refractivity contribution in [2.75, 3.05) is 33.4 Å². The van der Waals surface area contributed by atoms with Crippen molar-refractivity contribution in [1.29, 1.82) is 0 Å². The van der Waals surface area contributed by atoms with Gasteiger partial charge in [-0.3, -0.25) is 18.7 Å². The molecule has 321 valence electrons. The second-order valence-electron chi connectivity index (χ2n) is 11.5. The van der Waals surface area contributed by atoms with Crippen LogP contribution in [0.15, 0.2) is 67.3 Å². The molecule has 3 heterocycles. The van der Waals surface area contributed by atoms with E-state index in [1.165, 1.54) is 49.4 Å². The minimum atomic E-state index is -4.82. The molecule has 32 heteroatoms. The lowest BCUT2D eigenvalue weighted by Crippen LogP contribution is -2.25. The number of primary amides is 1. The van der Waals surface area contributed by atoms with Crippen LogP contribution in [0.3, 0.4) is 0 Å². The molecule has 3 aromatic heterocycles. The Kier molecular flexibility index (Phi) is 15.0. The van der Waals surface area contributed by atoms with Gasteiger partial charge in [0.2, 0.25) is 35.0 Å². The Morgan fingerprint density at radius 1 is 0.967 bits per heavy atom. The zero-order chi connectivity index (χ0) is 44.5. The second-order valence-corrected chi connectivity index (χ2v) is 15.8. The summed E-state index contributed by atoms with van der Waals surface area (Å²) in [6.07, 6.45) is -1.20. The lowest BCUT2D eigenvalue weighted by atomic mass is 10.1. The quantitative estimate of drug-likeness (QED) is 0.0139. The fraction of sp³-hybridized carbons (Fsp3) is 0.172. The molecule has 0 unspecified atom stereocenters. The molecular formula is C29H28BClFN14O12S3. The third-order valence-electron chi connectivity index (χ3n) is 7.52. The van der Waals surface area contributed by atoms with Crippen LogP contribution in [0.4, 0.5) is 50.9 Å². The van der Waals surface area contributed by atoms with Crippen LogP contribution in [0.1, 0.15) is 22.8 Å². The summed E-state index contributed by atoms with van der Waals surface area (Å²) >= 11 is 6.65. The molecule has 0 aliphatic rings. The van der Waals surface area contributed by atoms with E-state index in [-0.39, 0.29) is 79.3 Å². The molecule has 2 aromatic carbocycles. The summed E-state index contributed by atoms with van der Waals surface area (Å²) in [5.41, 5.74) is 4.55. The lowest BCUT2D eigenvalue weighted by molar-refractivity contribution is -0.432. The van der Waals surface area contributed by atoms with Gasteiger partial charge in [0.1, 0.15) is 11.3 Å². The Morgan fingerprint density at radius 3 is 2.21 bits per heavy atom. The number of hydrogen-bond acceptors (Lipinski definition) is 24. The van der Waals surface area contributed by atoms with E-state index in [4.69, 9.17) is 27.1 Å². The van der Waals surface area contributed by atoms with Crippen molar-refractivity contribution in [1.82, 2.24) is 34.5 Å². The molecule has 61 heavy (non-hydrogen) atoms. The molecule has 5 aromatic rings. The molecule has 9 N–H and O–H groups in total. The highest BCUT2D eigenvalue weighted by atomic mass is 35.5. The van der Waals surface area contributed by atoms with Crippen LogP contribution in [0, 0.1) is 13.0 Å². The maximum atomic E-state index is 14.3. The van der Waals surface area contributed by atoms with Crippen LogP contribution >= 0.6 is 23.6 Å². The molecule has 0 aliphatic carbocycles. The lowest BCUT2D eigenvalue weighted by Gasteiger charge is -2.13. The van der Waals surface area contributed by atoms with Crippen molar-refractivity contribution in [2.45, 2.75) is 30.2 Å². The Morgan fingerprint density at radius 2 is 1.57 bits per heavy atom. The van der Waals surface area contributed by atoms with Gasteiger partial charge < -0.3 is 31.9 Å². The van der Waals surface area contributed by atoms with E-state index >= 15 is 0 Å². The van der Waals surface area contributed by atoms with E-state index in [1.807, 2.05) is 0 Å². The molecule has 0 aliphatic heterocycles. The van der Waals surface area contributed by atoms with Crippen LogP contribution in [0.25, 0.3) is 0 Å². The number of aromatic hydroxyl groups is 1. The molecule has 0 saturated heterocycles. The average molecular weight is 926 g/mol. The van der Waals surface area contributed by atoms with Crippen molar-refractivity contribution in [3.63, 3.8) is 0 Å². The highest BCUT2D eigenvalue weighted by Gasteiger charge is 2.23. The molecule has 5 rings (SSSR count). The zero-order valence-electron chi connectivity index (χ0n) is 30.8. The largest absolute Gasteiger partial charge is 0.494 e. The number of anilines is 6. The van der Waals surface area contributed by atoms with Gasteiger partial charge in [-0.1, -0.05) is 5.04 Å². The predicted molar refractivity (Wildman–Crippen MR) is 213 cm³/mol. The number of azo groups is 1. The molecule has 0 spiro atoms. The molecule has 1 radical (unpaired) electrons. The summed E-state index contributed by atoms with van der Waals surface area (Å²) in [5, 5.41) is 41.5. The maximum absolute atomic E-state index is 14.3. The maximum Gasteiger partial charge on any atom is 0.397 e. The van der Waals surface area contributed by atoms with Gasteiger partial charge in [-0.25, -0.2) is 17.9 Å². The average Bonchev–Trinajstić information content (AvgIpc) is 3.16. The van der Waals surface area contributed by atoms with E-state index in [0.717, 1.165) is 12.1 Å². The molecule has 26 nitrogen and oxygen atoms in total. The van der Waals surface area contributed by atoms with Gasteiger partial charge in [0.25, 0.3) is 11.5 Å². The van der Waals surface area contributed by atoms with Crippen molar-refractivity contribution in [3.8, 4) is 5.88 Å². The first-order valence-electron chi connectivity index (χ1n) is 16.5. The van der Waals surface area contributed by atoms with Crippen LogP contribution in [0.2, 0.25) is 5.28 Å². The fourth-order valence-electron chi connectivity index (χ4n) is 4.89. The number of aromatic nitrogens is 7. The third-order valence-corrected chi connectivity index (χ3v) is 10.5. The van der Waals surface area contributed by atoms with Crippen LogP contribution in [-0.4, -0.2) is 92.0 Å². The Balaban J connectivity index is 1.27. The van der Waals surface area contributed by atoms with Crippen molar-refractivity contribution in [2.24, 2.45) is 16.0 Å². The first-order valence-corrected chi connectivity index (χ1v) is 20.6.